The minimum atomic E-state index is -4.79. The summed E-state index contributed by atoms with van der Waals surface area (Å²) in [5, 5.41) is 0.370. The van der Waals surface area contributed by atoms with Gasteiger partial charge in [0.1, 0.15) is 22.2 Å². The molecule has 2 atom stereocenters. The summed E-state index contributed by atoms with van der Waals surface area (Å²) in [6, 6.07) is 0.741. The summed E-state index contributed by atoms with van der Waals surface area (Å²) in [7, 11) is 0. The second-order valence-corrected chi connectivity index (χ2v) is 8.10. The third-order valence-corrected chi connectivity index (χ3v) is 6.35. The third-order valence-electron chi connectivity index (χ3n) is 4.90. The highest BCUT2D eigenvalue weighted by Crippen LogP contribution is 2.46. The summed E-state index contributed by atoms with van der Waals surface area (Å²) in [6.45, 7) is 1.20. The van der Waals surface area contributed by atoms with Crippen LogP contribution in [0.25, 0.3) is 0 Å². The Morgan fingerprint density at radius 1 is 1.40 bits per heavy atom. The number of nitrogens with zero attached hydrogens (tertiary/aromatic N) is 2. The molecule has 1 unspecified atom stereocenters. The van der Waals surface area contributed by atoms with E-state index in [1.54, 1.807) is 0 Å². The fourth-order valence-electron chi connectivity index (χ4n) is 3.49. The van der Waals surface area contributed by atoms with Gasteiger partial charge in [-0.2, -0.15) is 13.2 Å². The third kappa shape index (κ3) is 3.58. The van der Waals surface area contributed by atoms with Crippen molar-refractivity contribution in [2.24, 2.45) is 5.73 Å². The highest BCUT2D eigenvalue weighted by atomic mass is 35.5. The molecule has 1 aliphatic rings. The summed E-state index contributed by atoms with van der Waals surface area (Å²) < 4.78 is 68.0. The monoisotopic (exact) mass is 468 g/mol. The average molecular weight is 469 g/mol. The highest BCUT2D eigenvalue weighted by Gasteiger charge is 2.53. The number of urea groups is 1. The molecular formula is C17H14ClF5N4O2S. The van der Waals surface area contributed by atoms with E-state index in [0.29, 0.717) is 0 Å². The van der Waals surface area contributed by atoms with Crippen LogP contribution in [-0.4, -0.2) is 40.5 Å². The molecule has 1 aromatic heterocycles. The summed E-state index contributed by atoms with van der Waals surface area (Å²) >= 11 is 5.83. The van der Waals surface area contributed by atoms with Crippen molar-refractivity contribution in [3.8, 4) is 0 Å². The van der Waals surface area contributed by atoms with Gasteiger partial charge in [-0.05, 0) is 13.0 Å². The SMILES string of the molecule is CC1([C@@H](c2cnc(C(F)(F)F)s2)c2ccc(F)c(Cl)c2F)C(=O)NCCN1C(N)=O. The molecule has 0 radical (unpaired) electrons. The van der Waals surface area contributed by atoms with Gasteiger partial charge in [0.15, 0.2) is 5.01 Å². The van der Waals surface area contributed by atoms with E-state index < -0.39 is 51.2 Å². The first-order valence-electron chi connectivity index (χ1n) is 8.40. The Morgan fingerprint density at radius 3 is 2.63 bits per heavy atom. The van der Waals surface area contributed by atoms with Crippen molar-refractivity contribution in [3.63, 3.8) is 0 Å². The number of amides is 3. The lowest BCUT2D eigenvalue weighted by atomic mass is 9.76. The van der Waals surface area contributed by atoms with Crippen LogP contribution in [0.5, 0.6) is 0 Å². The molecule has 13 heteroatoms. The molecule has 1 aliphatic heterocycles. The van der Waals surface area contributed by atoms with Crippen LogP contribution < -0.4 is 11.1 Å². The number of benzene rings is 1. The fraction of sp³-hybridized carbons (Fsp3) is 0.353. The minimum absolute atomic E-state index is 0.0350. The number of carbonyl (C=O) groups excluding carboxylic acids is 2. The largest absolute Gasteiger partial charge is 0.443 e. The number of thiazole rings is 1. The Morgan fingerprint density at radius 2 is 2.07 bits per heavy atom. The van der Waals surface area contributed by atoms with Gasteiger partial charge in [0.25, 0.3) is 0 Å². The maximum atomic E-state index is 14.9. The van der Waals surface area contributed by atoms with Crippen molar-refractivity contribution in [2.45, 2.75) is 24.6 Å². The van der Waals surface area contributed by atoms with E-state index in [1.165, 1.54) is 6.92 Å². The zero-order chi connectivity index (χ0) is 22.4. The van der Waals surface area contributed by atoms with Crippen molar-refractivity contribution in [3.05, 3.63) is 50.4 Å². The zero-order valence-corrected chi connectivity index (χ0v) is 16.8. The molecule has 162 valence electrons. The molecule has 0 aliphatic carbocycles. The first-order chi connectivity index (χ1) is 13.9. The van der Waals surface area contributed by atoms with Gasteiger partial charge in [-0.1, -0.05) is 17.7 Å². The molecule has 2 heterocycles. The molecule has 3 N–H and O–H groups in total. The molecule has 6 nitrogen and oxygen atoms in total. The summed E-state index contributed by atoms with van der Waals surface area (Å²) in [6.07, 6.45) is -3.95. The van der Waals surface area contributed by atoms with Crippen LogP contribution in [0, 0.1) is 11.6 Å². The molecule has 3 rings (SSSR count). The van der Waals surface area contributed by atoms with Gasteiger partial charge in [-0.25, -0.2) is 18.6 Å². The Balaban J connectivity index is 2.30. The number of alkyl halides is 3. The number of halogens is 6. The fourth-order valence-corrected chi connectivity index (χ4v) is 4.69. The number of nitrogens with two attached hydrogens (primary N) is 1. The highest BCUT2D eigenvalue weighted by molar-refractivity contribution is 7.11. The van der Waals surface area contributed by atoms with Crippen molar-refractivity contribution >= 4 is 34.9 Å². The number of carbonyl (C=O) groups is 2. The molecule has 1 aromatic carbocycles. The van der Waals surface area contributed by atoms with Crippen molar-refractivity contribution in [1.82, 2.24) is 15.2 Å². The number of hydrogen-bond donors (Lipinski definition) is 2. The van der Waals surface area contributed by atoms with E-state index in [2.05, 4.69) is 10.3 Å². The normalized spacial score (nSPS) is 20.8. The Bertz CT molecular complexity index is 1010. The lowest BCUT2D eigenvalue weighted by Crippen LogP contribution is -2.68. The smallest absolute Gasteiger partial charge is 0.352 e. The van der Waals surface area contributed by atoms with E-state index >= 15 is 0 Å². The van der Waals surface area contributed by atoms with E-state index in [4.69, 9.17) is 17.3 Å². The quantitative estimate of drug-likeness (QED) is 0.534. The van der Waals surface area contributed by atoms with Crippen LogP contribution in [0.1, 0.15) is 28.3 Å². The van der Waals surface area contributed by atoms with Crippen LogP contribution in [0.2, 0.25) is 5.02 Å². The number of piperazine rings is 1. The Labute approximate surface area is 175 Å². The Hall–Kier alpha value is -2.47. The van der Waals surface area contributed by atoms with Gasteiger partial charge < -0.3 is 16.0 Å². The molecule has 3 amide bonds. The molecule has 0 saturated carbocycles. The lowest BCUT2D eigenvalue weighted by molar-refractivity contribution is -0.137. The molecule has 1 fully saturated rings. The first kappa shape index (κ1) is 22.2. The topological polar surface area (TPSA) is 88.3 Å². The second kappa shape index (κ2) is 7.65. The van der Waals surface area contributed by atoms with Crippen molar-refractivity contribution < 1.29 is 31.5 Å². The predicted octanol–water partition coefficient (Wildman–Crippen LogP) is 3.49. The molecule has 0 spiro atoms. The molecule has 2 aromatic rings. The van der Waals surface area contributed by atoms with Gasteiger partial charge in [0, 0.05) is 29.7 Å². The Kier molecular flexibility index (Phi) is 5.67. The van der Waals surface area contributed by atoms with Gasteiger partial charge in [-0.15, -0.1) is 11.3 Å². The number of aromatic nitrogens is 1. The van der Waals surface area contributed by atoms with Crippen LogP contribution in [-0.2, 0) is 11.0 Å². The van der Waals surface area contributed by atoms with Crippen LogP contribution in [0.15, 0.2) is 18.3 Å². The van der Waals surface area contributed by atoms with Gasteiger partial charge in [0.05, 0.1) is 5.92 Å². The van der Waals surface area contributed by atoms with Crippen LogP contribution >= 0.6 is 22.9 Å². The summed E-state index contributed by atoms with van der Waals surface area (Å²) in [5.74, 6) is -4.65. The van der Waals surface area contributed by atoms with Crippen molar-refractivity contribution in [2.75, 3.05) is 13.1 Å². The summed E-state index contributed by atoms with van der Waals surface area (Å²) in [4.78, 5) is 29.0. The van der Waals surface area contributed by atoms with E-state index in [-0.39, 0.29) is 34.9 Å². The predicted molar refractivity (Wildman–Crippen MR) is 98.0 cm³/mol. The number of nitrogens with one attached hydrogen (secondary N) is 1. The molecule has 30 heavy (non-hydrogen) atoms. The molecule has 1 saturated heterocycles. The average Bonchev–Trinajstić information content (AvgIpc) is 3.14. The van der Waals surface area contributed by atoms with E-state index in [0.717, 1.165) is 23.2 Å². The van der Waals surface area contributed by atoms with Gasteiger partial charge in [0.2, 0.25) is 5.91 Å². The molecule has 0 bridgehead atoms. The van der Waals surface area contributed by atoms with Crippen LogP contribution in [0.3, 0.4) is 0 Å². The van der Waals surface area contributed by atoms with Gasteiger partial charge in [-0.3, -0.25) is 4.79 Å². The first-order valence-corrected chi connectivity index (χ1v) is 9.60. The number of primary amides is 1. The van der Waals surface area contributed by atoms with Crippen LogP contribution in [0.4, 0.5) is 26.7 Å². The zero-order valence-electron chi connectivity index (χ0n) is 15.2. The maximum Gasteiger partial charge on any atom is 0.443 e. The maximum absolute atomic E-state index is 14.9. The lowest BCUT2D eigenvalue weighted by Gasteiger charge is -2.47. The minimum Gasteiger partial charge on any atom is -0.352 e. The standard InChI is InChI=1S/C17H14ClF5N4O2S/c1-16(13(28)25-4-5-27(16)15(24)29)10(7-2-3-8(19)11(18)12(7)20)9-6-26-14(30-9)17(21,22)23/h2-3,6,10H,4-5H2,1H3,(H2,24,29)(H,25,28)/t10-,16?/m1/s1. The van der Waals surface area contributed by atoms with E-state index in [1.807, 2.05) is 0 Å². The molecular weight excluding hydrogens is 455 g/mol. The van der Waals surface area contributed by atoms with Gasteiger partial charge >= 0.3 is 12.2 Å². The van der Waals surface area contributed by atoms with E-state index in [9.17, 15) is 31.5 Å². The summed E-state index contributed by atoms with van der Waals surface area (Å²) in [5.41, 5.74) is 3.07. The second-order valence-electron chi connectivity index (χ2n) is 6.66. The van der Waals surface area contributed by atoms with Crippen molar-refractivity contribution in [1.29, 1.82) is 0 Å². The number of hydrogen-bond acceptors (Lipinski definition) is 4. The number of rotatable bonds is 3.